The molecule has 3 aromatic rings. The number of benzene rings is 1. The van der Waals surface area contributed by atoms with Gasteiger partial charge in [0.05, 0.1) is 11.4 Å². The van der Waals surface area contributed by atoms with E-state index in [1.165, 1.54) is 6.07 Å². The van der Waals surface area contributed by atoms with E-state index in [-0.39, 0.29) is 11.9 Å². The molecule has 6 heteroatoms. The minimum Gasteiger partial charge on any atom is -0.352 e. The average Bonchev–Trinajstić information content (AvgIpc) is 2.64. The number of anilines is 3. The van der Waals surface area contributed by atoms with Gasteiger partial charge in [0.15, 0.2) is 0 Å². The Bertz CT molecular complexity index is 838. The van der Waals surface area contributed by atoms with E-state index in [0.717, 1.165) is 12.0 Å². The van der Waals surface area contributed by atoms with Gasteiger partial charge in [-0.15, -0.1) is 0 Å². The third kappa shape index (κ3) is 4.29. The molecule has 25 heavy (non-hydrogen) atoms. The van der Waals surface area contributed by atoms with Gasteiger partial charge in [-0.05, 0) is 37.6 Å². The molecule has 5 nitrogen and oxygen atoms in total. The number of nitrogens with zero attached hydrogens (tertiary/aromatic N) is 3. The Kier molecular flexibility index (Phi) is 5.18. The van der Waals surface area contributed by atoms with Gasteiger partial charge in [0, 0.05) is 30.1 Å². The first-order valence-corrected chi connectivity index (χ1v) is 8.23. The number of rotatable bonds is 6. The lowest BCUT2D eigenvalue weighted by Crippen LogP contribution is -2.16. The van der Waals surface area contributed by atoms with Crippen molar-refractivity contribution in [2.75, 3.05) is 10.6 Å². The monoisotopic (exact) mass is 337 g/mol. The second kappa shape index (κ2) is 7.70. The Labute approximate surface area is 146 Å². The third-order valence-corrected chi connectivity index (χ3v) is 3.81. The van der Waals surface area contributed by atoms with Crippen molar-refractivity contribution in [1.82, 2.24) is 15.0 Å². The molecule has 2 aromatic heterocycles. The summed E-state index contributed by atoms with van der Waals surface area (Å²) >= 11 is 0. The van der Waals surface area contributed by atoms with Crippen molar-refractivity contribution < 1.29 is 4.39 Å². The van der Waals surface area contributed by atoms with E-state index in [9.17, 15) is 4.39 Å². The van der Waals surface area contributed by atoms with E-state index in [1.807, 2.05) is 12.1 Å². The van der Waals surface area contributed by atoms with Crippen molar-refractivity contribution in [1.29, 1.82) is 0 Å². The molecule has 1 atom stereocenters. The van der Waals surface area contributed by atoms with E-state index in [1.54, 1.807) is 36.7 Å². The summed E-state index contributed by atoms with van der Waals surface area (Å²) in [5.74, 6) is 0.680. The number of para-hydroxylation sites is 1. The topological polar surface area (TPSA) is 62.7 Å². The van der Waals surface area contributed by atoms with Crippen LogP contribution in [0.4, 0.5) is 21.8 Å². The maximum Gasteiger partial charge on any atom is 0.225 e. The summed E-state index contributed by atoms with van der Waals surface area (Å²) in [6, 6.07) is 12.3. The van der Waals surface area contributed by atoms with Crippen LogP contribution in [0.2, 0.25) is 0 Å². The fourth-order valence-electron chi connectivity index (χ4n) is 2.26. The Morgan fingerprint density at radius 3 is 2.68 bits per heavy atom. The Morgan fingerprint density at radius 1 is 1.12 bits per heavy atom. The van der Waals surface area contributed by atoms with Gasteiger partial charge >= 0.3 is 0 Å². The van der Waals surface area contributed by atoms with Gasteiger partial charge in [-0.3, -0.25) is 4.98 Å². The zero-order valence-electron chi connectivity index (χ0n) is 14.2. The minimum atomic E-state index is -0.333. The summed E-state index contributed by atoms with van der Waals surface area (Å²) in [4.78, 5) is 13.2. The molecule has 0 aliphatic carbocycles. The molecule has 2 N–H and O–H groups in total. The molecule has 0 unspecified atom stereocenters. The molecule has 0 saturated heterocycles. The summed E-state index contributed by atoms with van der Waals surface area (Å²) in [6.07, 6.45) is 4.39. The van der Waals surface area contributed by atoms with Crippen molar-refractivity contribution in [3.05, 3.63) is 60.7 Å². The van der Waals surface area contributed by atoms with Gasteiger partial charge in [-0.1, -0.05) is 19.1 Å². The Balaban J connectivity index is 1.99. The minimum absolute atomic E-state index is 0.227. The van der Waals surface area contributed by atoms with Crippen LogP contribution in [0.3, 0.4) is 0 Å². The van der Waals surface area contributed by atoms with Gasteiger partial charge < -0.3 is 10.6 Å². The molecular weight excluding hydrogens is 317 g/mol. The molecule has 0 bridgehead atoms. The highest BCUT2D eigenvalue weighted by Crippen LogP contribution is 2.24. The van der Waals surface area contributed by atoms with Crippen LogP contribution in [0.15, 0.2) is 54.9 Å². The van der Waals surface area contributed by atoms with Crippen molar-refractivity contribution in [2.24, 2.45) is 0 Å². The zero-order chi connectivity index (χ0) is 17.6. The van der Waals surface area contributed by atoms with Crippen LogP contribution in [-0.4, -0.2) is 21.0 Å². The molecule has 0 spiro atoms. The van der Waals surface area contributed by atoms with Crippen molar-refractivity contribution in [2.45, 2.75) is 26.3 Å². The standard InChI is InChI=1S/C19H20FN5/c1-3-13(2)22-19-24-17(14-7-6-10-21-12-14)11-18(25-19)23-16-9-5-4-8-15(16)20/h4-13H,3H2,1-2H3,(H2,22,23,24,25)/t13-/m1/s1. The van der Waals surface area contributed by atoms with Crippen LogP contribution in [-0.2, 0) is 0 Å². The first kappa shape index (κ1) is 16.8. The fraction of sp³-hybridized carbons (Fsp3) is 0.211. The van der Waals surface area contributed by atoms with Crippen LogP contribution in [0.25, 0.3) is 11.3 Å². The number of hydrogen-bond acceptors (Lipinski definition) is 5. The summed E-state index contributed by atoms with van der Waals surface area (Å²) in [5.41, 5.74) is 1.95. The van der Waals surface area contributed by atoms with E-state index >= 15 is 0 Å². The molecule has 2 heterocycles. The molecule has 0 aliphatic heterocycles. The van der Waals surface area contributed by atoms with Gasteiger partial charge in [0.2, 0.25) is 5.95 Å². The predicted molar refractivity (Wildman–Crippen MR) is 98.3 cm³/mol. The van der Waals surface area contributed by atoms with Crippen molar-refractivity contribution >= 4 is 17.5 Å². The van der Waals surface area contributed by atoms with Crippen LogP contribution >= 0.6 is 0 Å². The third-order valence-electron chi connectivity index (χ3n) is 3.81. The smallest absolute Gasteiger partial charge is 0.225 e. The zero-order valence-corrected chi connectivity index (χ0v) is 14.2. The van der Waals surface area contributed by atoms with Crippen LogP contribution in [0.1, 0.15) is 20.3 Å². The highest BCUT2D eigenvalue weighted by Gasteiger charge is 2.10. The summed E-state index contributed by atoms with van der Waals surface area (Å²) in [6.45, 7) is 4.14. The van der Waals surface area contributed by atoms with E-state index in [2.05, 4.69) is 39.4 Å². The highest BCUT2D eigenvalue weighted by molar-refractivity contribution is 5.67. The molecule has 0 fully saturated rings. The number of pyridine rings is 1. The summed E-state index contributed by atoms with van der Waals surface area (Å²) < 4.78 is 13.9. The van der Waals surface area contributed by atoms with Gasteiger partial charge in [-0.25, -0.2) is 9.37 Å². The SMILES string of the molecule is CC[C@@H](C)Nc1nc(Nc2ccccc2F)cc(-c2cccnc2)n1. The molecule has 0 saturated carbocycles. The fourth-order valence-corrected chi connectivity index (χ4v) is 2.26. The van der Waals surface area contributed by atoms with Crippen LogP contribution in [0.5, 0.6) is 0 Å². The molecule has 3 rings (SSSR count). The van der Waals surface area contributed by atoms with E-state index in [0.29, 0.717) is 23.1 Å². The van der Waals surface area contributed by atoms with Crippen LogP contribution in [0, 0.1) is 5.82 Å². The number of nitrogens with one attached hydrogen (secondary N) is 2. The number of halogens is 1. The van der Waals surface area contributed by atoms with Gasteiger partial charge in [0.25, 0.3) is 0 Å². The van der Waals surface area contributed by atoms with Gasteiger partial charge in [0.1, 0.15) is 11.6 Å². The first-order valence-electron chi connectivity index (χ1n) is 8.23. The lowest BCUT2D eigenvalue weighted by molar-refractivity contribution is 0.632. The molecule has 0 radical (unpaired) electrons. The summed E-state index contributed by atoms with van der Waals surface area (Å²) in [5, 5.41) is 6.29. The Morgan fingerprint density at radius 2 is 1.96 bits per heavy atom. The highest BCUT2D eigenvalue weighted by atomic mass is 19.1. The lowest BCUT2D eigenvalue weighted by Gasteiger charge is -2.14. The largest absolute Gasteiger partial charge is 0.352 e. The molecule has 0 amide bonds. The number of aromatic nitrogens is 3. The predicted octanol–water partition coefficient (Wildman–Crippen LogP) is 4.63. The first-order chi connectivity index (χ1) is 12.2. The van der Waals surface area contributed by atoms with Gasteiger partial charge in [-0.2, -0.15) is 4.98 Å². The second-order valence-electron chi connectivity index (χ2n) is 5.76. The van der Waals surface area contributed by atoms with E-state index in [4.69, 9.17) is 0 Å². The molecular formula is C19H20FN5. The maximum atomic E-state index is 13.9. The molecule has 128 valence electrons. The normalized spacial score (nSPS) is 11.8. The second-order valence-corrected chi connectivity index (χ2v) is 5.76. The van der Waals surface area contributed by atoms with Crippen molar-refractivity contribution in [3.8, 4) is 11.3 Å². The maximum absolute atomic E-state index is 13.9. The lowest BCUT2D eigenvalue weighted by atomic mass is 10.2. The quantitative estimate of drug-likeness (QED) is 0.686. The van der Waals surface area contributed by atoms with Crippen molar-refractivity contribution in [3.63, 3.8) is 0 Å². The van der Waals surface area contributed by atoms with E-state index < -0.39 is 0 Å². The number of hydrogen-bond donors (Lipinski definition) is 2. The van der Waals surface area contributed by atoms with Crippen LogP contribution < -0.4 is 10.6 Å². The Hall–Kier alpha value is -3.02. The average molecular weight is 337 g/mol. The molecule has 0 aliphatic rings. The summed E-state index contributed by atoms with van der Waals surface area (Å²) in [7, 11) is 0. The molecule has 1 aromatic carbocycles.